The third-order valence-corrected chi connectivity index (χ3v) is 12.9. The number of hydrogen-bond acceptors (Lipinski definition) is 11. The SMILES string of the molecule is CCCCCCCCCCCCCC=C[C@@H](OC(C)=O)[C@H](COP(=O)(OC)OCCNCCOc1ccc(C2(C(F)(F)F)N=N2)cc1)NC(=O)CCCCCCCCCCCCCCC. The molecule has 1 aliphatic rings. The highest BCUT2D eigenvalue weighted by molar-refractivity contribution is 7.48. The summed E-state index contributed by atoms with van der Waals surface area (Å²) in [6.07, 6.45) is 28.6. The number of nitrogens with zero attached hydrogens (tertiary/aromatic N) is 2. The van der Waals surface area contributed by atoms with Crippen LogP contribution >= 0.6 is 7.82 Å². The summed E-state index contributed by atoms with van der Waals surface area (Å²) in [4.78, 5) is 25.6. The number of alkyl halides is 3. The van der Waals surface area contributed by atoms with E-state index < -0.39 is 37.8 Å². The number of rotatable bonds is 43. The Hall–Kier alpha value is -2.84. The molecule has 0 radical (unpaired) electrons. The van der Waals surface area contributed by atoms with Gasteiger partial charge in [0.05, 0.1) is 19.3 Å². The predicted octanol–water partition coefficient (Wildman–Crippen LogP) is 13.8. The minimum Gasteiger partial charge on any atom is -0.492 e. The Kier molecular flexibility index (Phi) is 31.7. The van der Waals surface area contributed by atoms with Crippen LogP contribution in [0.5, 0.6) is 5.75 Å². The Labute approximate surface area is 389 Å². The number of allylic oxidation sites excluding steroid dienone is 1. The van der Waals surface area contributed by atoms with Crippen LogP contribution < -0.4 is 15.4 Å². The Morgan fingerprint density at radius 1 is 0.723 bits per heavy atom. The van der Waals surface area contributed by atoms with E-state index >= 15 is 0 Å². The third-order valence-electron chi connectivity index (χ3n) is 11.5. The smallest absolute Gasteiger partial charge is 0.474 e. The van der Waals surface area contributed by atoms with E-state index in [0.29, 0.717) is 18.7 Å². The molecule has 2 N–H and O–H groups in total. The Morgan fingerprint density at radius 3 is 1.69 bits per heavy atom. The van der Waals surface area contributed by atoms with Gasteiger partial charge in [-0.3, -0.25) is 23.2 Å². The summed E-state index contributed by atoms with van der Waals surface area (Å²) in [5, 5.41) is 12.5. The topological polar surface area (TPSA) is 146 Å². The van der Waals surface area contributed by atoms with E-state index in [-0.39, 0.29) is 37.8 Å². The first-order valence-corrected chi connectivity index (χ1v) is 26.4. The number of phosphoric acid groups is 1. The molecule has 1 aromatic rings. The average Bonchev–Trinajstić information content (AvgIpc) is 4.11. The molecular weight excluding hydrogens is 861 g/mol. The summed E-state index contributed by atoms with van der Waals surface area (Å²) in [7, 11) is -2.89. The molecular formula is C49H84F3N4O8P. The van der Waals surface area contributed by atoms with Crippen molar-refractivity contribution in [3.8, 4) is 5.75 Å². The summed E-state index contributed by atoms with van der Waals surface area (Å²) in [6, 6.07) is 4.57. The van der Waals surface area contributed by atoms with Crippen LogP contribution in [-0.2, 0) is 38.1 Å². The summed E-state index contributed by atoms with van der Waals surface area (Å²) >= 11 is 0. The summed E-state index contributed by atoms with van der Waals surface area (Å²) < 4.78 is 81.0. The van der Waals surface area contributed by atoms with Crippen molar-refractivity contribution >= 4 is 19.7 Å². The van der Waals surface area contributed by atoms with E-state index in [1.807, 2.05) is 6.08 Å². The number of halogens is 3. The van der Waals surface area contributed by atoms with E-state index in [1.165, 1.54) is 154 Å². The number of amides is 1. The molecule has 0 bridgehead atoms. The molecule has 1 unspecified atom stereocenters. The zero-order chi connectivity index (χ0) is 47.5. The molecule has 1 heterocycles. The number of carbonyl (C=O) groups excluding carboxylic acids is 2. The second-order valence-corrected chi connectivity index (χ2v) is 19.0. The van der Waals surface area contributed by atoms with Gasteiger partial charge in [0.25, 0.3) is 0 Å². The monoisotopic (exact) mass is 945 g/mol. The number of nitrogens with one attached hydrogen (secondary N) is 2. The number of phosphoric ester groups is 1. The largest absolute Gasteiger partial charge is 0.492 e. The summed E-state index contributed by atoms with van der Waals surface area (Å²) in [5.74, 6) is -0.361. The van der Waals surface area contributed by atoms with Crippen molar-refractivity contribution in [2.24, 2.45) is 10.2 Å². The first-order valence-electron chi connectivity index (χ1n) is 24.9. The zero-order valence-corrected chi connectivity index (χ0v) is 41.2. The van der Waals surface area contributed by atoms with Crippen LogP contribution in [0.3, 0.4) is 0 Å². The van der Waals surface area contributed by atoms with E-state index in [1.54, 1.807) is 6.08 Å². The van der Waals surface area contributed by atoms with Gasteiger partial charge in [-0.05, 0) is 37.5 Å². The van der Waals surface area contributed by atoms with Crippen LogP contribution in [0.25, 0.3) is 0 Å². The summed E-state index contributed by atoms with van der Waals surface area (Å²) in [6.45, 7) is 6.21. The van der Waals surface area contributed by atoms with Crippen molar-refractivity contribution in [2.45, 2.75) is 212 Å². The minimum atomic E-state index is -4.60. The number of esters is 1. The fourth-order valence-corrected chi connectivity index (χ4v) is 8.48. The lowest BCUT2D eigenvalue weighted by Crippen LogP contribution is -2.47. The van der Waals surface area contributed by atoms with Gasteiger partial charge in [-0.1, -0.05) is 173 Å². The van der Waals surface area contributed by atoms with Gasteiger partial charge < -0.3 is 20.1 Å². The van der Waals surface area contributed by atoms with Crippen LogP contribution in [0.2, 0.25) is 0 Å². The average molecular weight is 945 g/mol. The van der Waals surface area contributed by atoms with Gasteiger partial charge in [-0.25, -0.2) is 4.57 Å². The minimum absolute atomic E-state index is 0.0609. The van der Waals surface area contributed by atoms with Gasteiger partial charge in [0.15, 0.2) is 0 Å². The van der Waals surface area contributed by atoms with Gasteiger partial charge in [0.2, 0.25) is 5.91 Å². The normalized spacial score (nSPS) is 15.2. The molecule has 0 fully saturated rings. The van der Waals surface area contributed by atoms with Crippen molar-refractivity contribution in [3.05, 3.63) is 42.0 Å². The lowest BCUT2D eigenvalue weighted by Gasteiger charge is -2.27. The number of ether oxygens (including phenoxy) is 2. The maximum atomic E-state index is 13.5. The Morgan fingerprint density at radius 2 is 1.22 bits per heavy atom. The highest BCUT2D eigenvalue weighted by atomic mass is 31.2. The van der Waals surface area contributed by atoms with Gasteiger partial charge in [-0.15, -0.1) is 10.2 Å². The predicted molar refractivity (Wildman–Crippen MR) is 252 cm³/mol. The molecule has 0 aliphatic carbocycles. The number of unbranched alkanes of at least 4 members (excludes halogenated alkanes) is 23. The van der Waals surface area contributed by atoms with E-state index in [2.05, 4.69) is 34.7 Å². The van der Waals surface area contributed by atoms with E-state index in [4.69, 9.17) is 23.0 Å². The molecule has 2 rings (SSSR count). The molecule has 0 saturated heterocycles. The molecule has 1 aliphatic heterocycles. The highest BCUT2D eigenvalue weighted by Gasteiger charge is 2.65. The number of carbonyl (C=O) groups is 2. The maximum Gasteiger partial charge on any atom is 0.474 e. The Bertz CT molecular complexity index is 1490. The number of benzene rings is 1. The van der Waals surface area contributed by atoms with Crippen LogP contribution in [0, 0.1) is 0 Å². The fraction of sp³-hybridized carbons (Fsp3) is 0.796. The third kappa shape index (κ3) is 26.9. The molecule has 3 atom stereocenters. The summed E-state index contributed by atoms with van der Waals surface area (Å²) in [5.41, 5.74) is -2.56. The molecule has 12 nitrogen and oxygen atoms in total. The first-order chi connectivity index (χ1) is 31.4. The van der Waals surface area contributed by atoms with Crippen molar-refractivity contribution < 1.29 is 50.4 Å². The molecule has 0 spiro atoms. The second-order valence-electron chi connectivity index (χ2n) is 17.2. The van der Waals surface area contributed by atoms with Crippen LogP contribution in [0.15, 0.2) is 46.6 Å². The zero-order valence-electron chi connectivity index (χ0n) is 40.3. The van der Waals surface area contributed by atoms with Crippen molar-refractivity contribution in [2.75, 3.05) is 40.0 Å². The van der Waals surface area contributed by atoms with Crippen molar-refractivity contribution in [3.63, 3.8) is 0 Å². The fourth-order valence-electron chi connectivity index (χ4n) is 7.54. The molecule has 1 aromatic carbocycles. The van der Waals surface area contributed by atoms with Gasteiger partial charge in [0, 0.05) is 39.1 Å². The van der Waals surface area contributed by atoms with Crippen molar-refractivity contribution in [1.82, 2.24) is 10.6 Å². The quantitative estimate of drug-likeness (QED) is 0.0283. The highest BCUT2D eigenvalue weighted by Crippen LogP contribution is 2.52. The molecule has 374 valence electrons. The van der Waals surface area contributed by atoms with Crippen LogP contribution in [0.4, 0.5) is 13.2 Å². The van der Waals surface area contributed by atoms with Crippen molar-refractivity contribution in [1.29, 1.82) is 0 Å². The lowest BCUT2D eigenvalue weighted by molar-refractivity contribution is -0.166. The van der Waals surface area contributed by atoms with Gasteiger partial charge >= 0.3 is 25.6 Å². The van der Waals surface area contributed by atoms with Gasteiger partial charge in [0.1, 0.15) is 18.5 Å². The van der Waals surface area contributed by atoms with Crippen LogP contribution in [-0.4, -0.2) is 70.2 Å². The van der Waals surface area contributed by atoms with E-state index in [9.17, 15) is 27.3 Å². The molecule has 0 saturated carbocycles. The lowest BCUT2D eigenvalue weighted by atomic mass is 10.0. The first kappa shape index (κ1) is 58.3. The molecule has 16 heteroatoms. The molecule has 65 heavy (non-hydrogen) atoms. The van der Waals surface area contributed by atoms with Gasteiger partial charge in [-0.2, -0.15) is 13.2 Å². The second kappa shape index (κ2) is 35.3. The maximum absolute atomic E-state index is 13.5. The standard InChI is InChI=1S/C49H84F3N4O8P/c1-5-7-9-11-13-15-17-19-21-23-25-27-29-31-46(64-42(3)57)45(54-47(58)32-30-28-26-24-22-20-18-16-14-12-10-8-6-2)41-63-65(59,60-4)62-40-38-53-37-39-61-44-35-33-43(34-36-44)48(55-56-48)49(50,51)52/h29,31,33-36,45-46,53H,5-28,30,32,37-41H2,1-4H3,(H,54,58)/t45-,46+,65?/m0/s1. The number of hydrogen-bond donors (Lipinski definition) is 2. The van der Waals surface area contributed by atoms with Crippen LogP contribution in [0.1, 0.15) is 193 Å². The van der Waals surface area contributed by atoms with E-state index in [0.717, 1.165) is 44.9 Å². The Balaban J connectivity index is 1.85. The molecule has 1 amide bonds. The molecule has 0 aromatic heterocycles.